The van der Waals surface area contributed by atoms with E-state index < -0.39 is 36.2 Å². The molecule has 0 N–H and O–H groups in total. The minimum absolute atomic E-state index is 0.0506. The molecule has 1 aliphatic rings. The second kappa shape index (κ2) is 7.15. The Kier molecular flexibility index (Phi) is 5.41. The van der Waals surface area contributed by atoms with Gasteiger partial charge in [-0.05, 0) is 32.8 Å². The monoisotopic (exact) mass is 341 g/mol. The third-order valence-electron chi connectivity index (χ3n) is 3.45. The molecular formula is C17H21F2NO4. The highest BCUT2D eigenvalue weighted by Crippen LogP contribution is 2.41. The van der Waals surface area contributed by atoms with E-state index >= 15 is 0 Å². The van der Waals surface area contributed by atoms with E-state index in [1.54, 1.807) is 45.0 Å². The molecule has 7 heteroatoms. The van der Waals surface area contributed by atoms with Gasteiger partial charge in [0.25, 0.3) is 0 Å². The van der Waals surface area contributed by atoms with Crippen molar-refractivity contribution in [2.75, 3.05) is 0 Å². The number of carbonyl (C=O) groups is 2. The zero-order valence-electron chi connectivity index (χ0n) is 13.9. The Bertz CT molecular complexity index is 586. The van der Waals surface area contributed by atoms with Crippen molar-refractivity contribution in [3.8, 4) is 0 Å². The van der Waals surface area contributed by atoms with Crippen LogP contribution in [-0.4, -0.2) is 35.2 Å². The van der Waals surface area contributed by atoms with Crippen LogP contribution >= 0.6 is 0 Å². The second-order valence-corrected chi connectivity index (χ2v) is 6.69. The third-order valence-corrected chi connectivity index (χ3v) is 3.45. The number of nitrogens with zero attached hydrogens (tertiary/aromatic N) is 1. The maximum Gasteiger partial charge on any atom is 0.420 e. The van der Waals surface area contributed by atoms with Crippen LogP contribution in [-0.2, 0) is 16.1 Å². The lowest BCUT2D eigenvalue weighted by Gasteiger charge is -2.26. The average molecular weight is 341 g/mol. The van der Waals surface area contributed by atoms with Crippen molar-refractivity contribution in [3.05, 3.63) is 35.9 Å². The molecule has 2 atom stereocenters. The van der Waals surface area contributed by atoms with Crippen molar-refractivity contribution < 1.29 is 27.8 Å². The molecule has 0 spiro atoms. The molecular weight excluding hydrogens is 320 g/mol. The van der Waals surface area contributed by atoms with Gasteiger partial charge in [-0.2, -0.15) is 0 Å². The zero-order valence-corrected chi connectivity index (χ0v) is 13.9. The Morgan fingerprint density at radius 1 is 1.21 bits per heavy atom. The van der Waals surface area contributed by atoms with Crippen LogP contribution in [0.1, 0.15) is 32.8 Å². The maximum atomic E-state index is 12.8. The molecule has 5 nitrogen and oxygen atoms in total. The summed E-state index contributed by atoms with van der Waals surface area (Å²) in [6.07, 6.45) is -4.48. The van der Waals surface area contributed by atoms with Gasteiger partial charge in [0.15, 0.2) is 0 Å². The first-order chi connectivity index (χ1) is 11.2. The lowest BCUT2D eigenvalue weighted by Crippen LogP contribution is -2.43. The van der Waals surface area contributed by atoms with E-state index in [1.807, 2.05) is 6.07 Å². The van der Waals surface area contributed by atoms with Gasteiger partial charge in [0, 0.05) is 5.92 Å². The van der Waals surface area contributed by atoms with Crippen molar-refractivity contribution in [1.82, 2.24) is 4.90 Å². The van der Waals surface area contributed by atoms with E-state index in [4.69, 9.17) is 9.47 Å². The fourth-order valence-electron chi connectivity index (χ4n) is 2.21. The van der Waals surface area contributed by atoms with Gasteiger partial charge in [-0.1, -0.05) is 30.3 Å². The van der Waals surface area contributed by atoms with Crippen molar-refractivity contribution in [3.63, 3.8) is 0 Å². The van der Waals surface area contributed by atoms with Crippen molar-refractivity contribution >= 4 is 12.2 Å². The molecule has 1 saturated carbocycles. The number of benzene rings is 1. The Morgan fingerprint density at radius 3 is 2.33 bits per heavy atom. The summed E-state index contributed by atoms with van der Waals surface area (Å²) in [7, 11) is 0. The van der Waals surface area contributed by atoms with E-state index in [0.717, 1.165) is 5.56 Å². The van der Waals surface area contributed by atoms with Crippen LogP contribution in [0.5, 0.6) is 0 Å². The molecule has 132 valence electrons. The summed E-state index contributed by atoms with van der Waals surface area (Å²) < 4.78 is 35.9. The lowest BCUT2D eigenvalue weighted by atomic mass is 10.2. The van der Waals surface area contributed by atoms with Crippen molar-refractivity contribution in [1.29, 1.82) is 0 Å². The highest BCUT2D eigenvalue weighted by atomic mass is 19.3. The maximum absolute atomic E-state index is 12.8. The minimum atomic E-state index is -2.60. The van der Waals surface area contributed by atoms with Gasteiger partial charge in [-0.15, -0.1) is 0 Å². The molecule has 2 amide bonds. The van der Waals surface area contributed by atoms with Gasteiger partial charge in [-0.3, -0.25) is 0 Å². The fourth-order valence-corrected chi connectivity index (χ4v) is 2.21. The van der Waals surface area contributed by atoms with Crippen LogP contribution in [0, 0.1) is 5.92 Å². The molecule has 1 aliphatic carbocycles. The first kappa shape index (κ1) is 18.2. The summed E-state index contributed by atoms with van der Waals surface area (Å²) in [4.78, 5) is 25.1. The number of rotatable bonds is 4. The normalized spacial score (nSPS) is 19.8. The number of alkyl halides is 2. The largest absolute Gasteiger partial charge is 0.444 e. The van der Waals surface area contributed by atoms with E-state index in [1.165, 1.54) is 0 Å². The number of ether oxygens (including phenoxy) is 2. The Hall–Kier alpha value is -2.18. The highest BCUT2D eigenvalue weighted by Gasteiger charge is 2.53. The first-order valence-electron chi connectivity index (χ1n) is 7.70. The van der Waals surface area contributed by atoms with Crippen LogP contribution < -0.4 is 0 Å². The smallest absolute Gasteiger partial charge is 0.420 e. The molecule has 0 aliphatic heterocycles. The third kappa shape index (κ3) is 4.91. The van der Waals surface area contributed by atoms with Gasteiger partial charge in [0.1, 0.15) is 12.2 Å². The van der Waals surface area contributed by atoms with Crippen molar-refractivity contribution in [2.24, 2.45) is 5.92 Å². The standard InChI is InChI=1S/C17H21F2NO4/c1-17(2,3)24-16(22)20(13-9-12(13)14(18)19)15(21)23-10-11-7-5-4-6-8-11/h4-8,12-14H,9-10H2,1-3H3. The molecule has 1 fully saturated rings. The predicted octanol–water partition coefficient (Wildman–Crippen LogP) is 4.21. The summed E-state index contributed by atoms with van der Waals surface area (Å²) in [5.74, 6) is -1.03. The van der Waals surface area contributed by atoms with Crippen LogP contribution in [0.3, 0.4) is 0 Å². The van der Waals surface area contributed by atoms with Gasteiger partial charge in [0.2, 0.25) is 6.43 Å². The molecule has 2 rings (SSSR count). The summed E-state index contributed by atoms with van der Waals surface area (Å²) in [5.41, 5.74) is -0.110. The number of amides is 2. The molecule has 2 unspecified atom stereocenters. The van der Waals surface area contributed by atoms with Crippen LogP contribution in [0.2, 0.25) is 0 Å². The molecule has 24 heavy (non-hydrogen) atoms. The SMILES string of the molecule is CC(C)(C)OC(=O)N(C(=O)OCc1ccccc1)C1CC1C(F)F. The number of imide groups is 1. The number of carbonyl (C=O) groups excluding carboxylic acids is 2. The van der Waals surface area contributed by atoms with E-state index in [2.05, 4.69) is 0 Å². The average Bonchev–Trinajstić information content (AvgIpc) is 3.25. The van der Waals surface area contributed by atoms with Crippen LogP contribution in [0.25, 0.3) is 0 Å². The molecule has 0 saturated heterocycles. The first-order valence-corrected chi connectivity index (χ1v) is 7.70. The lowest BCUT2D eigenvalue weighted by molar-refractivity contribution is 0.0154. The summed E-state index contributed by atoms with van der Waals surface area (Å²) in [6.45, 7) is 4.85. The summed E-state index contributed by atoms with van der Waals surface area (Å²) >= 11 is 0. The highest BCUT2D eigenvalue weighted by molar-refractivity contribution is 5.89. The van der Waals surface area contributed by atoms with E-state index in [9.17, 15) is 18.4 Å². The van der Waals surface area contributed by atoms with Crippen LogP contribution in [0.4, 0.5) is 18.4 Å². The quantitative estimate of drug-likeness (QED) is 0.823. The molecule has 0 aromatic heterocycles. The fraction of sp³-hybridized carbons (Fsp3) is 0.529. The molecule has 0 heterocycles. The topological polar surface area (TPSA) is 55.8 Å². The van der Waals surface area contributed by atoms with Gasteiger partial charge in [0.05, 0.1) is 6.04 Å². The van der Waals surface area contributed by atoms with E-state index in [-0.39, 0.29) is 13.0 Å². The number of hydrogen-bond donors (Lipinski definition) is 0. The Balaban J connectivity index is 2.04. The Labute approximate surface area is 139 Å². The minimum Gasteiger partial charge on any atom is -0.444 e. The number of hydrogen-bond acceptors (Lipinski definition) is 4. The van der Waals surface area contributed by atoms with Gasteiger partial charge < -0.3 is 9.47 Å². The van der Waals surface area contributed by atoms with Gasteiger partial charge >= 0.3 is 12.2 Å². The number of halogens is 2. The second-order valence-electron chi connectivity index (χ2n) is 6.69. The van der Waals surface area contributed by atoms with Crippen molar-refractivity contribution in [2.45, 2.75) is 51.9 Å². The summed E-state index contributed by atoms with van der Waals surface area (Å²) in [6, 6.07) is 8.00. The van der Waals surface area contributed by atoms with Crippen LogP contribution in [0.15, 0.2) is 30.3 Å². The molecule has 1 aromatic rings. The zero-order chi connectivity index (χ0) is 17.9. The molecule has 0 radical (unpaired) electrons. The van der Waals surface area contributed by atoms with Gasteiger partial charge in [-0.25, -0.2) is 23.3 Å². The molecule has 1 aromatic carbocycles. The predicted molar refractivity (Wildman–Crippen MR) is 82.6 cm³/mol. The molecule has 0 bridgehead atoms. The van der Waals surface area contributed by atoms with E-state index in [0.29, 0.717) is 4.90 Å². The Morgan fingerprint density at radius 2 is 1.83 bits per heavy atom. The summed E-state index contributed by atoms with van der Waals surface area (Å²) in [5, 5.41) is 0.